The molecule has 2 fully saturated rings. The third-order valence-electron chi connectivity index (χ3n) is 4.21. The van der Waals surface area contributed by atoms with Crippen LogP contribution in [-0.4, -0.2) is 23.0 Å². The molecule has 2 amide bonds. The molecule has 3 rings (SSSR count). The summed E-state index contributed by atoms with van der Waals surface area (Å²) in [6.07, 6.45) is 4.84. The highest BCUT2D eigenvalue weighted by Gasteiger charge is 2.51. The van der Waals surface area contributed by atoms with Gasteiger partial charge >= 0.3 is 6.03 Å². The van der Waals surface area contributed by atoms with Crippen LogP contribution >= 0.6 is 0 Å². The average Bonchev–Trinajstić information content (AvgIpc) is 2.17. The van der Waals surface area contributed by atoms with Crippen LogP contribution < -0.4 is 5.32 Å². The van der Waals surface area contributed by atoms with Crippen molar-refractivity contribution in [3.63, 3.8) is 0 Å². The van der Waals surface area contributed by atoms with Gasteiger partial charge in [0.05, 0.1) is 0 Å². The highest BCUT2D eigenvalue weighted by atomic mass is 16.2. The number of hydrogen-bond acceptors (Lipinski definition) is 1. The molecule has 2 aliphatic rings. The fraction of sp³-hybridized carbons (Fsp3) is 0.500. The number of carbonyl (C=O) groups is 1. The second-order valence-corrected chi connectivity index (χ2v) is 5.28. The van der Waals surface area contributed by atoms with Crippen molar-refractivity contribution in [2.75, 3.05) is 11.9 Å². The normalized spacial score (nSPS) is 20.6. The van der Waals surface area contributed by atoms with E-state index in [1.807, 2.05) is 36.1 Å². The summed E-state index contributed by atoms with van der Waals surface area (Å²) in [7, 11) is 0. The number of nitrogens with one attached hydrogen (secondary N) is 1. The molecule has 0 aromatic heterocycles. The number of amides is 2. The van der Waals surface area contributed by atoms with E-state index in [9.17, 15) is 4.79 Å². The van der Waals surface area contributed by atoms with E-state index in [4.69, 9.17) is 0 Å². The second kappa shape index (κ2) is 3.76. The molecular weight excluding hydrogens is 212 g/mol. The molecule has 1 aromatic rings. The van der Waals surface area contributed by atoms with Gasteiger partial charge in [0.25, 0.3) is 0 Å². The van der Waals surface area contributed by atoms with Crippen LogP contribution in [0, 0.1) is 6.92 Å². The third-order valence-corrected chi connectivity index (χ3v) is 4.21. The summed E-state index contributed by atoms with van der Waals surface area (Å²) in [4.78, 5) is 14.1. The molecule has 0 atom stereocenters. The average molecular weight is 230 g/mol. The van der Waals surface area contributed by atoms with Gasteiger partial charge in [-0.25, -0.2) is 4.79 Å². The maximum atomic E-state index is 12.1. The van der Waals surface area contributed by atoms with Gasteiger partial charge in [0.1, 0.15) is 0 Å². The molecule has 1 saturated carbocycles. The topological polar surface area (TPSA) is 32.3 Å². The predicted octanol–water partition coefficient (Wildman–Crippen LogP) is 3.16. The summed E-state index contributed by atoms with van der Waals surface area (Å²) < 4.78 is 0. The monoisotopic (exact) mass is 230 g/mol. The molecule has 3 heteroatoms. The summed E-state index contributed by atoms with van der Waals surface area (Å²) in [6.45, 7) is 2.96. The molecule has 3 nitrogen and oxygen atoms in total. The zero-order valence-electron chi connectivity index (χ0n) is 10.2. The Kier molecular flexibility index (Phi) is 2.35. The second-order valence-electron chi connectivity index (χ2n) is 5.28. The Labute approximate surface area is 102 Å². The fourth-order valence-electron chi connectivity index (χ4n) is 2.79. The standard InChI is InChI=1S/C14H18N2O/c1-11-3-5-12(6-4-11)15-13(17)16-10-9-14(16)7-2-8-14/h3-6H,2,7-10H2,1H3,(H,15,17). The van der Waals surface area contributed by atoms with Crippen molar-refractivity contribution in [1.29, 1.82) is 0 Å². The van der Waals surface area contributed by atoms with Crippen LogP contribution in [0.4, 0.5) is 10.5 Å². The van der Waals surface area contributed by atoms with E-state index in [2.05, 4.69) is 5.32 Å². The van der Waals surface area contributed by atoms with Crippen molar-refractivity contribution in [3.8, 4) is 0 Å². The minimum Gasteiger partial charge on any atom is -0.319 e. The summed E-state index contributed by atoms with van der Waals surface area (Å²) in [5, 5.41) is 2.98. The number of hydrogen-bond donors (Lipinski definition) is 1. The van der Waals surface area contributed by atoms with Crippen LogP contribution in [-0.2, 0) is 0 Å². The van der Waals surface area contributed by atoms with E-state index < -0.39 is 0 Å². The van der Waals surface area contributed by atoms with E-state index in [1.165, 1.54) is 31.2 Å². The van der Waals surface area contributed by atoms with Gasteiger partial charge in [-0.3, -0.25) is 0 Å². The van der Waals surface area contributed by atoms with Crippen LogP contribution in [0.15, 0.2) is 24.3 Å². The number of urea groups is 1. The van der Waals surface area contributed by atoms with Crippen molar-refractivity contribution in [2.24, 2.45) is 0 Å². The third kappa shape index (κ3) is 1.70. The largest absolute Gasteiger partial charge is 0.322 e. The number of benzene rings is 1. The van der Waals surface area contributed by atoms with Crippen molar-refractivity contribution >= 4 is 11.7 Å². The summed E-state index contributed by atoms with van der Waals surface area (Å²) in [6, 6.07) is 8.02. The van der Waals surface area contributed by atoms with E-state index in [0.29, 0.717) is 0 Å². The quantitative estimate of drug-likeness (QED) is 0.789. The van der Waals surface area contributed by atoms with E-state index in [-0.39, 0.29) is 11.6 Å². The molecule has 1 N–H and O–H groups in total. The molecule has 0 unspecified atom stereocenters. The van der Waals surface area contributed by atoms with Crippen molar-refractivity contribution in [2.45, 2.75) is 38.1 Å². The van der Waals surface area contributed by atoms with Crippen molar-refractivity contribution in [1.82, 2.24) is 4.90 Å². The lowest BCUT2D eigenvalue weighted by Gasteiger charge is -2.58. The minimum absolute atomic E-state index is 0.0693. The molecule has 1 saturated heterocycles. The molecule has 1 aromatic carbocycles. The first-order valence-electron chi connectivity index (χ1n) is 6.35. The van der Waals surface area contributed by atoms with E-state index in [0.717, 1.165) is 12.2 Å². The lowest BCUT2D eigenvalue weighted by Crippen LogP contribution is -2.66. The smallest absolute Gasteiger partial charge is 0.319 e. The van der Waals surface area contributed by atoms with Crippen LogP contribution in [0.25, 0.3) is 0 Å². The summed E-state index contributed by atoms with van der Waals surface area (Å²) in [5.74, 6) is 0. The Bertz CT molecular complexity index is 429. The van der Waals surface area contributed by atoms with Gasteiger partial charge in [-0.1, -0.05) is 17.7 Å². The fourth-order valence-corrected chi connectivity index (χ4v) is 2.79. The number of aryl methyl sites for hydroxylation is 1. The predicted molar refractivity (Wildman–Crippen MR) is 68.1 cm³/mol. The SMILES string of the molecule is Cc1ccc(NC(=O)N2CCC23CCC3)cc1. The molecule has 1 aliphatic carbocycles. The Morgan fingerprint density at radius 2 is 1.94 bits per heavy atom. The van der Waals surface area contributed by atoms with Gasteiger partial charge < -0.3 is 10.2 Å². The Balaban J connectivity index is 1.65. The summed E-state index contributed by atoms with van der Waals surface area (Å²) >= 11 is 0. The van der Waals surface area contributed by atoms with Gasteiger partial charge in [-0.05, 0) is 44.7 Å². The maximum Gasteiger partial charge on any atom is 0.322 e. The minimum atomic E-state index is 0.0693. The van der Waals surface area contributed by atoms with Gasteiger partial charge in [0, 0.05) is 17.8 Å². The maximum absolute atomic E-state index is 12.1. The van der Waals surface area contributed by atoms with Crippen molar-refractivity contribution in [3.05, 3.63) is 29.8 Å². The van der Waals surface area contributed by atoms with Gasteiger partial charge in [0.15, 0.2) is 0 Å². The molecule has 1 heterocycles. The highest BCUT2D eigenvalue weighted by molar-refractivity contribution is 5.90. The lowest BCUT2D eigenvalue weighted by molar-refractivity contribution is -0.0319. The molecule has 17 heavy (non-hydrogen) atoms. The van der Waals surface area contributed by atoms with E-state index in [1.54, 1.807) is 0 Å². The number of anilines is 1. The van der Waals surface area contributed by atoms with Gasteiger partial charge in [-0.2, -0.15) is 0 Å². The number of nitrogens with zero attached hydrogens (tertiary/aromatic N) is 1. The molecule has 0 bridgehead atoms. The van der Waals surface area contributed by atoms with Gasteiger partial charge in [-0.15, -0.1) is 0 Å². The Morgan fingerprint density at radius 1 is 1.24 bits per heavy atom. The number of rotatable bonds is 1. The Morgan fingerprint density at radius 3 is 2.41 bits per heavy atom. The van der Waals surface area contributed by atoms with Gasteiger partial charge in [0.2, 0.25) is 0 Å². The zero-order chi connectivity index (χ0) is 11.9. The molecule has 90 valence electrons. The number of carbonyl (C=O) groups excluding carboxylic acids is 1. The van der Waals surface area contributed by atoms with Crippen LogP contribution in [0.3, 0.4) is 0 Å². The first-order chi connectivity index (χ1) is 8.20. The van der Waals surface area contributed by atoms with E-state index >= 15 is 0 Å². The first kappa shape index (κ1) is 10.6. The molecule has 1 aliphatic heterocycles. The highest BCUT2D eigenvalue weighted by Crippen LogP contribution is 2.47. The number of likely N-dealkylation sites (tertiary alicyclic amines) is 1. The molecule has 0 radical (unpaired) electrons. The van der Waals surface area contributed by atoms with Crippen LogP contribution in [0.2, 0.25) is 0 Å². The first-order valence-corrected chi connectivity index (χ1v) is 6.35. The summed E-state index contributed by atoms with van der Waals surface area (Å²) in [5.41, 5.74) is 2.33. The zero-order valence-corrected chi connectivity index (χ0v) is 10.2. The molecule has 1 spiro atoms. The molecular formula is C14H18N2O. The van der Waals surface area contributed by atoms with Crippen LogP contribution in [0.5, 0.6) is 0 Å². The van der Waals surface area contributed by atoms with Crippen LogP contribution in [0.1, 0.15) is 31.2 Å². The van der Waals surface area contributed by atoms with Crippen molar-refractivity contribution < 1.29 is 4.79 Å². The lowest BCUT2D eigenvalue weighted by atomic mass is 9.68. The Hall–Kier alpha value is -1.51.